The fourth-order valence-electron chi connectivity index (χ4n) is 2.09. The second kappa shape index (κ2) is 5.67. The van der Waals surface area contributed by atoms with E-state index in [1.807, 2.05) is 17.8 Å². The number of halogens is 1. The monoisotopic (exact) mass is 360 g/mol. The van der Waals surface area contributed by atoms with Gasteiger partial charge in [-0.25, -0.2) is 0 Å². The molecular weight excluding hydrogens is 348 g/mol. The lowest BCUT2D eigenvalue weighted by Crippen LogP contribution is -1.97. The van der Waals surface area contributed by atoms with E-state index in [-0.39, 0.29) is 6.10 Å². The minimum Gasteiger partial charge on any atom is -0.387 e. The number of aliphatic hydroxyl groups excluding tert-OH is 1. The molecule has 0 amide bonds. The Morgan fingerprint density at radius 1 is 1.33 bits per heavy atom. The molecule has 1 N–H and O–H groups in total. The van der Waals surface area contributed by atoms with Crippen LogP contribution in [-0.4, -0.2) is 10.9 Å². The normalized spacial score (nSPS) is 16.6. The summed E-state index contributed by atoms with van der Waals surface area (Å²) in [7, 11) is 0. The molecule has 5 heteroatoms. The number of hydrogen-bond donors (Lipinski definition) is 1. The highest BCUT2D eigenvalue weighted by Crippen LogP contribution is 2.36. The summed E-state index contributed by atoms with van der Waals surface area (Å²) in [6.45, 7) is 0. The van der Waals surface area contributed by atoms with Crippen LogP contribution < -0.4 is 0 Å². The zero-order valence-corrected chi connectivity index (χ0v) is 13.7. The molecule has 96 valence electrons. The van der Waals surface area contributed by atoms with Crippen molar-refractivity contribution in [2.24, 2.45) is 0 Å². The van der Waals surface area contributed by atoms with Crippen molar-refractivity contribution in [2.45, 2.75) is 24.7 Å². The van der Waals surface area contributed by atoms with Gasteiger partial charge < -0.3 is 5.11 Å². The van der Waals surface area contributed by atoms with Crippen LogP contribution in [0.4, 0.5) is 0 Å². The summed E-state index contributed by atoms with van der Waals surface area (Å²) < 4.78 is 1.13. The van der Waals surface area contributed by atoms with Crippen molar-refractivity contribution in [2.75, 3.05) is 5.75 Å². The van der Waals surface area contributed by atoms with Gasteiger partial charge in [0.25, 0.3) is 0 Å². The number of thiophene rings is 2. The van der Waals surface area contributed by atoms with Crippen molar-refractivity contribution in [3.63, 3.8) is 0 Å². The predicted molar refractivity (Wildman–Crippen MR) is 84.9 cm³/mol. The van der Waals surface area contributed by atoms with E-state index < -0.39 is 0 Å². The van der Waals surface area contributed by atoms with Crippen molar-refractivity contribution < 1.29 is 5.11 Å². The minimum atomic E-state index is -0.351. The van der Waals surface area contributed by atoms with Crippen LogP contribution in [0.2, 0.25) is 0 Å². The van der Waals surface area contributed by atoms with Crippen LogP contribution in [0, 0.1) is 0 Å². The molecule has 0 aromatic carbocycles. The molecule has 0 spiro atoms. The third kappa shape index (κ3) is 2.85. The molecule has 0 radical (unpaired) electrons. The maximum atomic E-state index is 10.3. The van der Waals surface area contributed by atoms with Gasteiger partial charge >= 0.3 is 0 Å². The third-order valence-electron chi connectivity index (χ3n) is 3.00. The number of rotatable bonds is 3. The van der Waals surface area contributed by atoms with Crippen molar-refractivity contribution in [1.29, 1.82) is 0 Å². The molecule has 1 atom stereocenters. The van der Waals surface area contributed by atoms with Crippen LogP contribution in [0.15, 0.2) is 22.0 Å². The highest BCUT2D eigenvalue weighted by atomic mass is 79.9. The van der Waals surface area contributed by atoms with Gasteiger partial charge in [0.15, 0.2) is 0 Å². The van der Waals surface area contributed by atoms with E-state index in [2.05, 4.69) is 28.1 Å². The number of hydrogen-bond acceptors (Lipinski definition) is 4. The molecule has 1 aliphatic rings. The number of thioether (sulfide) groups is 1. The lowest BCUT2D eigenvalue weighted by molar-refractivity contribution is 0.183. The fourth-order valence-corrected chi connectivity index (χ4v) is 5.97. The third-order valence-corrected chi connectivity index (χ3v) is 6.99. The van der Waals surface area contributed by atoms with Crippen LogP contribution >= 0.6 is 50.4 Å². The molecule has 1 unspecified atom stereocenters. The lowest BCUT2D eigenvalue weighted by Gasteiger charge is -2.08. The molecule has 0 bridgehead atoms. The van der Waals surface area contributed by atoms with E-state index in [9.17, 15) is 5.11 Å². The van der Waals surface area contributed by atoms with Crippen LogP contribution in [0.1, 0.15) is 26.3 Å². The maximum Gasteiger partial charge on any atom is 0.0930 e. The highest BCUT2D eigenvalue weighted by molar-refractivity contribution is 9.11. The summed E-state index contributed by atoms with van der Waals surface area (Å²) in [5, 5.41) is 10.3. The van der Waals surface area contributed by atoms with E-state index in [1.165, 1.54) is 27.5 Å². The topological polar surface area (TPSA) is 20.2 Å². The molecule has 0 saturated heterocycles. The number of aliphatic hydroxyl groups is 1. The average Bonchev–Trinajstić information content (AvgIpc) is 2.95. The van der Waals surface area contributed by atoms with E-state index in [0.29, 0.717) is 0 Å². The molecule has 3 heterocycles. The van der Waals surface area contributed by atoms with E-state index >= 15 is 0 Å². The highest BCUT2D eigenvalue weighted by Gasteiger charge is 2.18. The van der Waals surface area contributed by atoms with Gasteiger partial charge in [0.2, 0.25) is 0 Å². The Bertz CT molecular complexity index is 523. The molecule has 1 nitrogen and oxygen atoms in total. The second-order valence-electron chi connectivity index (χ2n) is 4.33. The Kier molecular flexibility index (Phi) is 4.15. The summed E-state index contributed by atoms with van der Waals surface area (Å²) in [5.74, 6) is 2.34. The van der Waals surface area contributed by atoms with Crippen LogP contribution in [-0.2, 0) is 18.6 Å². The summed E-state index contributed by atoms with van der Waals surface area (Å²) in [6, 6.07) is 6.34. The van der Waals surface area contributed by atoms with Gasteiger partial charge in [0.05, 0.1) is 9.89 Å². The van der Waals surface area contributed by atoms with Crippen LogP contribution in [0.5, 0.6) is 0 Å². The van der Waals surface area contributed by atoms with Gasteiger partial charge in [-0.3, -0.25) is 0 Å². The second-order valence-corrected chi connectivity index (χ2v) is 9.15. The fraction of sp³-hybridized carbons (Fsp3) is 0.385. The van der Waals surface area contributed by atoms with Gasteiger partial charge in [-0.1, -0.05) is 0 Å². The van der Waals surface area contributed by atoms with Crippen molar-refractivity contribution in [3.05, 3.63) is 42.2 Å². The molecule has 3 rings (SSSR count). The molecule has 0 fully saturated rings. The smallest absolute Gasteiger partial charge is 0.0930 e. The molecule has 0 saturated carbocycles. The van der Waals surface area contributed by atoms with Crippen molar-refractivity contribution in [1.82, 2.24) is 0 Å². The molecule has 1 aliphatic heterocycles. The summed E-state index contributed by atoms with van der Waals surface area (Å²) in [6.07, 6.45) is 1.54. The SMILES string of the molecule is OC(Cc1ccc(Br)s1)c1cc2c(s1)CCSC2. The Labute approximate surface area is 127 Å². The Morgan fingerprint density at radius 3 is 2.94 bits per heavy atom. The average molecular weight is 361 g/mol. The Balaban J connectivity index is 1.75. The van der Waals surface area contributed by atoms with Crippen molar-refractivity contribution in [3.8, 4) is 0 Å². The first-order valence-electron chi connectivity index (χ1n) is 5.84. The maximum absolute atomic E-state index is 10.3. The quantitative estimate of drug-likeness (QED) is 0.860. The standard InChI is InChI=1S/C13H13BrOS3/c14-13-2-1-9(17-13)6-10(15)12-5-8-7-16-4-3-11(8)18-12/h1-2,5,10,15H,3-4,6-7H2. The molecule has 0 aliphatic carbocycles. The van der Waals surface area contributed by atoms with Gasteiger partial charge in [-0.2, -0.15) is 11.8 Å². The number of aryl methyl sites for hydroxylation is 1. The van der Waals surface area contributed by atoms with Gasteiger partial charge in [-0.15, -0.1) is 22.7 Å². The molecular formula is C13H13BrOS3. The van der Waals surface area contributed by atoms with E-state index in [4.69, 9.17) is 0 Å². The first-order chi connectivity index (χ1) is 8.72. The lowest BCUT2D eigenvalue weighted by atomic mass is 10.1. The number of fused-ring (bicyclic) bond motifs is 1. The van der Waals surface area contributed by atoms with Gasteiger partial charge in [-0.05, 0) is 51.9 Å². The summed E-state index contributed by atoms with van der Waals surface area (Å²) >= 11 is 8.95. The predicted octanol–water partition coefficient (Wildman–Crippen LogP) is 4.64. The zero-order valence-electron chi connectivity index (χ0n) is 9.69. The first kappa shape index (κ1) is 13.2. The van der Waals surface area contributed by atoms with Crippen molar-refractivity contribution >= 4 is 50.4 Å². The molecule has 2 aromatic rings. The first-order valence-corrected chi connectivity index (χ1v) is 9.42. The van der Waals surface area contributed by atoms with Crippen LogP contribution in [0.3, 0.4) is 0 Å². The summed E-state index contributed by atoms with van der Waals surface area (Å²) in [4.78, 5) is 3.84. The molecule has 2 aromatic heterocycles. The van der Waals surface area contributed by atoms with Crippen LogP contribution in [0.25, 0.3) is 0 Å². The minimum absolute atomic E-state index is 0.351. The van der Waals surface area contributed by atoms with E-state index in [0.717, 1.165) is 20.8 Å². The zero-order chi connectivity index (χ0) is 12.5. The van der Waals surface area contributed by atoms with Gasteiger partial charge in [0.1, 0.15) is 0 Å². The molecule has 18 heavy (non-hydrogen) atoms. The summed E-state index contributed by atoms with van der Waals surface area (Å²) in [5.41, 5.74) is 1.44. The Hall–Kier alpha value is 0.190. The van der Waals surface area contributed by atoms with E-state index in [1.54, 1.807) is 22.7 Å². The Morgan fingerprint density at radius 2 is 2.22 bits per heavy atom. The van der Waals surface area contributed by atoms with Gasteiger partial charge in [0, 0.05) is 26.8 Å². The largest absolute Gasteiger partial charge is 0.387 e.